The van der Waals surface area contributed by atoms with Crippen LogP contribution in [-0.4, -0.2) is 50.0 Å². The highest BCUT2D eigenvalue weighted by molar-refractivity contribution is 5.46. The van der Waals surface area contributed by atoms with Crippen LogP contribution in [0.1, 0.15) is 24.8 Å². The van der Waals surface area contributed by atoms with Crippen LogP contribution in [0.2, 0.25) is 0 Å². The molecule has 1 saturated carbocycles. The summed E-state index contributed by atoms with van der Waals surface area (Å²) < 4.78 is 11.0. The molecule has 22 heavy (non-hydrogen) atoms. The van der Waals surface area contributed by atoms with Gasteiger partial charge in [0.15, 0.2) is 11.5 Å². The number of methoxy groups -OCH3 is 1. The van der Waals surface area contributed by atoms with Gasteiger partial charge in [0.2, 0.25) is 0 Å². The van der Waals surface area contributed by atoms with E-state index >= 15 is 0 Å². The average Bonchev–Trinajstić information content (AvgIpc) is 2.92. The second kappa shape index (κ2) is 8.02. The minimum absolute atomic E-state index is 0.151. The van der Waals surface area contributed by atoms with E-state index in [9.17, 15) is 5.11 Å². The van der Waals surface area contributed by atoms with E-state index in [0.29, 0.717) is 29.6 Å². The highest BCUT2D eigenvalue weighted by atomic mass is 16.5. The second-order valence-electron chi connectivity index (χ2n) is 5.85. The largest absolute Gasteiger partial charge is 0.493 e. The molecule has 2 atom stereocenters. The number of ether oxygens (including phenoxy) is 2. The third-order valence-corrected chi connectivity index (χ3v) is 4.19. The molecular weight excluding hydrogens is 280 g/mol. The minimum Gasteiger partial charge on any atom is -0.493 e. The van der Waals surface area contributed by atoms with Gasteiger partial charge < -0.3 is 19.5 Å². The fraction of sp³-hybridized carbons (Fsp3) is 0.588. The fourth-order valence-corrected chi connectivity index (χ4v) is 2.89. The van der Waals surface area contributed by atoms with Gasteiger partial charge in [0.05, 0.1) is 24.8 Å². The summed E-state index contributed by atoms with van der Waals surface area (Å²) in [5.74, 6) is 1.61. The summed E-state index contributed by atoms with van der Waals surface area (Å²) in [5.41, 5.74) is 0.552. The third-order valence-electron chi connectivity index (χ3n) is 4.19. The van der Waals surface area contributed by atoms with Crippen LogP contribution >= 0.6 is 0 Å². The number of nitriles is 1. The molecule has 1 aliphatic rings. The van der Waals surface area contributed by atoms with Gasteiger partial charge in [0.25, 0.3) is 0 Å². The van der Waals surface area contributed by atoms with Gasteiger partial charge in [0.1, 0.15) is 6.61 Å². The van der Waals surface area contributed by atoms with Gasteiger partial charge in [0, 0.05) is 19.2 Å². The third kappa shape index (κ3) is 4.36. The molecule has 1 N–H and O–H groups in total. The topological polar surface area (TPSA) is 65.7 Å². The minimum atomic E-state index is -0.151. The van der Waals surface area contributed by atoms with Crippen LogP contribution in [0.4, 0.5) is 0 Å². The predicted octanol–water partition coefficient (Wildman–Crippen LogP) is 2.04. The van der Waals surface area contributed by atoms with Crippen molar-refractivity contribution in [3.63, 3.8) is 0 Å². The number of aliphatic hydroxyl groups excluding tert-OH is 1. The molecule has 0 aromatic heterocycles. The zero-order valence-electron chi connectivity index (χ0n) is 13.3. The molecule has 0 aliphatic heterocycles. The Kier molecular flexibility index (Phi) is 6.05. The standard InChI is InChI=1S/C17H24N2O3/c1-19(12-14-4-3-5-15(14)20)8-9-22-16-7-6-13(11-18)10-17(16)21-2/h6-7,10,14-15,20H,3-5,8-9,12H2,1-2H3. The molecule has 1 fully saturated rings. The molecule has 0 amide bonds. The molecule has 1 aromatic rings. The molecule has 0 bridgehead atoms. The number of hydrogen-bond acceptors (Lipinski definition) is 5. The molecule has 1 aliphatic carbocycles. The van der Waals surface area contributed by atoms with Gasteiger partial charge >= 0.3 is 0 Å². The molecule has 0 radical (unpaired) electrons. The van der Waals surface area contributed by atoms with E-state index in [2.05, 4.69) is 11.0 Å². The first-order chi connectivity index (χ1) is 10.6. The molecule has 0 saturated heterocycles. The Morgan fingerprint density at radius 2 is 2.18 bits per heavy atom. The van der Waals surface area contributed by atoms with Crippen molar-refractivity contribution in [1.82, 2.24) is 4.90 Å². The lowest BCUT2D eigenvalue weighted by Crippen LogP contribution is -2.32. The number of likely N-dealkylation sites (N-methyl/N-ethyl adjacent to an activating group) is 1. The van der Waals surface area contributed by atoms with Crippen molar-refractivity contribution in [2.24, 2.45) is 5.92 Å². The normalized spacial score (nSPS) is 20.9. The van der Waals surface area contributed by atoms with Crippen LogP contribution in [-0.2, 0) is 0 Å². The highest BCUT2D eigenvalue weighted by Gasteiger charge is 2.25. The van der Waals surface area contributed by atoms with Crippen molar-refractivity contribution >= 4 is 0 Å². The SMILES string of the molecule is COc1cc(C#N)ccc1OCCN(C)CC1CCCC1O. The van der Waals surface area contributed by atoms with Crippen LogP contribution in [0.25, 0.3) is 0 Å². The van der Waals surface area contributed by atoms with Crippen molar-refractivity contribution < 1.29 is 14.6 Å². The van der Waals surface area contributed by atoms with Crippen LogP contribution in [0.3, 0.4) is 0 Å². The summed E-state index contributed by atoms with van der Waals surface area (Å²) >= 11 is 0. The van der Waals surface area contributed by atoms with E-state index in [4.69, 9.17) is 14.7 Å². The molecular formula is C17H24N2O3. The maximum Gasteiger partial charge on any atom is 0.162 e. The summed E-state index contributed by atoms with van der Waals surface area (Å²) in [4.78, 5) is 2.19. The van der Waals surface area contributed by atoms with E-state index in [1.54, 1.807) is 25.3 Å². The first-order valence-corrected chi connectivity index (χ1v) is 7.71. The summed E-state index contributed by atoms with van der Waals surface area (Å²) in [6.07, 6.45) is 3.01. The first kappa shape index (κ1) is 16.6. The quantitative estimate of drug-likeness (QED) is 0.835. The maximum absolute atomic E-state index is 9.86. The highest BCUT2D eigenvalue weighted by Crippen LogP contribution is 2.28. The van der Waals surface area contributed by atoms with Crippen LogP contribution in [0, 0.1) is 17.2 Å². The summed E-state index contributed by atoms with van der Waals surface area (Å²) in [7, 11) is 3.61. The zero-order chi connectivity index (χ0) is 15.9. The Morgan fingerprint density at radius 1 is 1.36 bits per heavy atom. The molecule has 5 nitrogen and oxygen atoms in total. The molecule has 2 unspecified atom stereocenters. The predicted molar refractivity (Wildman–Crippen MR) is 84.0 cm³/mol. The molecule has 2 rings (SSSR count). The first-order valence-electron chi connectivity index (χ1n) is 7.71. The smallest absolute Gasteiger partial charge is 0.162 e. The Morgan fingerprint density at radius 3 is 2.82 bits per heavy atom. The summed E-state index contributed by atoms with van der Waals surface area (Å²) in [6.45, 7) is 2.23. The lowest BCUT2D eigenvalue weighted by atomic mass is 10.1. The second-order valence-corrected chi connectivity index (χ2v) is 5.85. The van der Waals surface area contributed by atoms with Gasteiger partial charge in [-0.15, -0.1) is 0 Å². The Bertz CT molecular complexity index is 527. The Labute approximate surface area is 132 Å². The lowest BCUT2D eigenvalue weighted by molar-refractivity contribution is 0.104. The van der Waals surface area contributed by atoms with Crippen LogP contribution in [0.15, 0.2) is 18.2 Å². The van der Waals surface area contributed by atoms with E-state index in [1.165, 1.54) is 0 Å². The fourth-order valence-electron chi connectivity index (χ4n) is 2.89. The van der Waals surface area contributed by atoms with Gasteiger partial charge in [-0.2, -0.15) is 5.26 Å². The number of aliphatic hydroxyl groups is 1. The van der Waals surface area contributed by atoms with Crippen LogP contribution < -0.4 is 9.47 Å². The van der Waals surface area contributed by atoms with Crippen molar-refractivity contribution in [1.29, 1.82) is 5.26 Å². The summed E-state index contributed by atoms with van der Waals surface area (Å²) in [5, 5.41) is 18.7. The average molecular weight is 304 g/mol. The Hall–Kier alpha value is -1.77. The number of nitrogens with zero attached hydrogens (tertiary/aromatic N) is 2. The molecule has 5 heteroatoms. The van der Waals surface area contributed by atoms with Gasteiger partial charge in [-0.25, -0.2) is 0 Å². The van der Waals surface area contributed by atoms with Crippen LogP contribution in [0.5, 0.6) is 11.5 Å². The molecule has 0 heterocycles. The number of benzene rings is 1. The van der Waals surface area contributed by atoms with E-state index in [1.807, 2.05) is 7.05 Å². The monoisotopic (exact) mass is 304 g/mol. The van der Waals surface area contributed by atoms with E-state index in [-0.39, 0.29) is 6.10 Å². The number of hydrogen-bond donors (Lipinski definition) is 1. The maximum atomic E-state index is 9.86. The van der Waals surface area contributed by atoms with Crippen molar-refractivity contribution in [2.45, 2.75) is 25.4 Å². The van der Waals surface area contributed by atoms with E-state index < -0.39 is 0 Å². The number of rotatable bonds is 7. The molecule has 120 valence electrons. The van der Waals surface area contributed by atoms with Gasteiger partial charge in [-0.05, 0) is 37.9 Å². The van der Waals surface area contributed by atoms with Crippen molar-refractivity contribution in [3.05, 3.63) is 23.8 Å². The van der Waals surface area contributed by atoms with Crippen molar-refractivity contribution in [2.75, 3.05) is 33.9 Å². The van der Waals surface area contributed by atoms with Crippen molar-refractivity contribution in [3.8, 4) is 17.6 Å². The van der Waals surface area contributed by atoms with E-state index in [0.717, 1.165) is 32.4 Å². The molecule has 0 spiro atoms. The molecule has 1 aromatic carbocycles. The zero-order valence-corrected chi connectivity index (χ0v) is 13.3. The lowest BCUT2D eigenvalue weighted by Gasteiger charge is -2.23. The van der Waals surface area contributed by atoms with Gasteiger partial charge in [-0.3, -0.25) is 0 Å². The Balaban J connectivity index is 1.79. The summed E-state index contributed by atoms with van der Waals surface area (Å²) in [6, 6.07) is 7.24. The van der Waals surface area contributed by atoms with Gasteiger partial charge in [-0.1, -0.05) is 6.42 Å².